The molecule has 0 bridgehead atoms. The minimum absolute atomic E-state index is 0.0132. The van der Waals surface area contributed by atoms with Crippen molar-refractivity contribution >= 4 is 23.2 Å². The molecule has 0 spiro atoms. The molecule has 6 nitrogen and oxygen atoms in total. The molecule has 0 unspecified atom stereocenters. The van der Waals surface area contributed by atoms with Gasteiger partial charge in [-0.05, 0) is 18.1 Å². The van der Waals surface area contributed by atoms with E-state index < -0.39 is 4.92 Å². The van der Waals surface area contributed by atoms with Crippen LogP contribution in [0.2, 0.25) is 5.02 Å². The highest BCUT2D eigenvalue weighted by Crippen LogP contribution is 2.22. The Hall–Kier alpha value is -1.66. The Morgan fingerprint density at radius 3 is 2.89 bits per heavy atom. The number of hydrogen-bond donors (Lipinski definition) is 1. The monoisotopic (exact) mass is 272 g/mol. The minimum Gasteiger partial charge on any atom is -0.371 e. The maximum atomic E-state index is 10.9. The Morgan fingerprint density at radius 1 is 1.56 bits per heavy atom. The van der Waals surface area contributed by atoms with Crippen molar-refractivity contribution in [2.45, 2.75) is 6.42 Å². The van der Waals surface area contributed by atoms with Gasteiger partial charge in [-0.2, -0.15) is 0 Å². The molecule has 0 aromatic heterocycles. The molecule has 0 atom stereocenters. The molecule has 0 fully saturated rings. The normalized spacial score (nSPS) is 10.1. The SMILES string of the molecule is CNC(=O)COCCc1cc([N+](=O)[O-])ccc1Cl. The summed E-state index contributed by atoms with van der Waals surface area (Å²) >= 11 is 5.91. The fourth-order valence-electron chi connectivity index (χ4n) is 1.29. The second kappa shape index (κ2) is 6.93. The van der Waals surface area contributed by atoms with Gasteiger partial charge < -0.3 is 10.1 Å². The Kier molecular flexibility index (Phi) is 5.54. The molecule has 1 aromatic carbocycles. The van der Waals surface area contributed by atoms with Gasteiger partial charge in [0, 0.05) is 24.2 Å². The van der Waals surface area contributed by atoms with Crippen LogP contribution in [-0.4, -0.2) is 31.1 Å². The first-order valence-corrected chi connectivity index (χ1v) is 5.63. The summed E-state index contributed by atoms with van der Waals surface area (Å²) in [4.78, 5) is 21.0. The molecule has 0 saturated carbocycles. The number of halogens is 1. The van der Waals surface area contributed by atoms with Crippen LogP contribution in [-0.2, 0) is 16.0 Å². The number of ether oxygens (including phenoxy) is 1. The summed E-state index contributed by atoms with van der Waals surface area (Å²) in [6.07, 6.45) is 0.414. The quantitative estimate of drug-likeness (QED) is 0.484. The molecule has 7 heteroatoms. The zero-order valence-corrected chi connectivity index (χ0v) is 10.6. The molecular formula is C11H13ClN2O4. The number of non-ortho nitro benzene ring substituents is 1. The third kappa shape index (κ3) is 4.31. The molecule has 0 heterocycles. The maximum Gasteiger partial charge on any atom is 0.269 e. The lowest BCUT2D eigenvalue weighted by atomic mass is 10.1. The van der Waals surface area contributed by atoms with Gasteiger partial charge in [-0.1, -0.05) is 11.6 Å². The van der Waals surface area contributed by atoms with Crippen molar-refractivity contribution in [3.05, 3.63) is 38.9 Å². The Bertz CT molecular complexity index is 451. The van der Waals surface area contributed by atoms with Crippen molar-refractivity contribution < 1.29 is 14.5 Å². The van der Waals surface area contributed by atoms with Crippen LogP contribution in [0.4, 0.5) is 5.69 Å². The molecule has 1 N–H and O–H groups in total. The Morgan fingerprint density at radius 2 is 2.28 bits per heavy atom. The highest BCUT2D eigenvalue weighted by Gasteiger charge is 2.09. The van der Waals surface area contributed by atoms with Crippen molar-refractivity contribution in [1.29, 1.82) is 0 Å². The molecule has 0 radical (unpaired) electrons. The molecule has 18 heavy (non-hydrogen) atoms. The third-order valence-electron chi connectivity index (χ3n) is 2.27. The lowest BCUT2D eigenvalue weighted by Gasteiger charge is -2.05. The van der Waals surface area contributed by atoms with Crippen LogP contribution in [0.25, 0.3) is 0 Å². The highest BCUT2D eigenvalue weighted by atomic mass is 35.5. The largest absolute Gasteiger partial charge is 0.371 e. The summed E-state index contributed by atoms with van der Waals surface area (Å²) in [5, 5.41) is 13.5. The van der Waals surface area contributed by atoms with E-state index in [1.165, 1.54) is 25.2 Å². The summed E-state index contributed by atoms with van der Waals surface area (Å²) < 4.78 is 5.11. The van der Waals surface area contributed by atoms with Crippen LogP contribution in [0.3, 0.4) is 0 Å². The standard InChI is InChI=1S/C11H13ClN2O4/c1-13-11(15)7-18-5-4-8-6-9(14(16)17)2-3-10(8)12/h2-3,6H,4-5,7H2,1H3,(H,13,15). The highest BCUT2D eigenvalue weighted by molar-refractivity contribution is 6.31. The molecular weight excluding hydrogens is 260 g/mol. The Balaban J connectivity index is 2.53. The number of amides is 1. The van der Waals surface area contributed by atoms with E-state index in [2.05, 4.69) is 5.32 Å². The number of hydrogen-bond acceptors (Lipinski definition) is 4. The van der Waals surface area contributed by atoms with Crippen LogP contribution < -0.4 is 5.32 Å². The molecule has 0 aliphatic rings. The number of nitrogens with zero attached hydrogens (tertiary/aromatic N) is 1. The van der Waals surface area contributed by atoms with Crippen LogP contribution in [0.15, 0.2) is 18.2 Å². The molecule has 1 amide bonds. The van der Waals surface area contributed by atoms with E-state index in [1.54, 1.807) is 0 Å². The number of nitro benzene ring substituents is 1. The fraction of sp³-hybridized carbons (Fsp3) is 0.364. The van der Waals surface area contributed by atoms with Gasteiger partial charge in [-0.15, -0.1) is 0 Å². The van der Waals surface area contributed by atoms with Crippen molar-refractivity contribution in [3.8, 4) is 0 Å². The van der Waals surface area contributed by atoms with Crippen molar-refractivity contribution in [2.75, 3.05) is 20.3 Å². The summed E-state index contributed by atoms with van der Waals surface area (Å²) in [5.74, 6) is -0.222. The zero-order valence-electron chi connectivity index (χ0n) is 9.81. The topological polar surface area (TPSA) is 81.5 Å². The van der Waals surface area contributed by atoms with E-state index in [9.17, 15) is 14.9 Å². The molecule has 1 rings (SSSR count). The minimum atomic E-state index is -0.481. The fourth-order valence-corrected chi connectivity index (χ4v) is 1.50. The molecule has 1 aromatic rings. The number of nitrogens with one attached hydrogen (secondary N) is 1. The van der Waals surface area contributed by atoms with Crippen molar-refractivity contribution in [3.63, 3.8) is 0 Å². The molecule has 0 aliphatic heterocycles. The van der Waals surface area contributed by atoms with E-state index in [0.29, 0.717) is 17.0 Å². The average Bonchev–Trinajstić information content (AvgIpc) is 2.35. The van der Waals surface area contributed by atoms with E-state index in [-0.39, 0.29) is 24.8 Å². The smallest absolute Gasteiger partial charge is 0.269 e. The van der Waals surface area contributed by atoms with Gasteiger partial charge in [0.05, 0.1) is 11.5 Å². The Labute approximate surface area is 109 Å². The number of nitro groups is 1. The lowest BCUT2D eigenvalue weighted by Crippen LogP contribution is -2.23. The van der Waals surface area contributed by atoms with E-state index in [1.807, 2.05) is 0 Å². The lowest BCUT2D eigenvalue weighted by molar-refractivity contribution is -0.384. The van der Waals surface area contributed by atoms with E-state index in [4.69, 9.17) is 16.3 Å². The number of likely N-dealkylation sites (N-methyl/N-ethyl adjacent to an activating group) is 1. The summed E-state index contributed by atoms with van der Waals surface area (Å²) in [7, 11) is 1.52. The first-order chi connectivity index (χ1) is 8.54. The van der Waals surface area contributed by atoms with Gasteiger partial charge in [0.2, 0.25) is 5.91 Å². The summed E-state index contributed by atoms with van der Waals surface area (Å²) in [6.45, 7) is 0.233. The number of carbonyl (C=O) groups excluding carboxylic acids is 1. The van der Waals surface area contributed by atoms with E-state index in [0.717, 1.165) is 0 Å². The van der Waals surface area contributed by atoms with Crippen molar-refractivity contribution in [1.82, 2.24) is 5.32 Å². The van der Waals surface area contributed by atoms with Crippen LogP contribution in [0, 0.1) is 10.1 Å². The number of carbonyl (C=O) groups is 1. The number of rotatable bonds is 6. The van der Waals surface area contributed by atoms with Crippen LogP contribution in [0.1, 0.15) is 5.56 Å². The van der Waals surface area contributed by atoms with Crippen LogP contribution in [0.5, 0.6) is 0 Å². The maximum absolute atomic E-state index is 10.9. The van der Waals surface area contributed by atoms with Crippen molar-refractivity contribution in [2.24, 2.45) is 0 Å². The van der Waals surface area contributed by atoms with Gasteiger partial charge in [0.15, 0.2) is 0 Å². The second-order valence-corrected chi connectivity index (χ2v) is 3.92. The predicted molar refractivity (Wildman–Crippen MR) is 66.7 cm³/mol. The zero-order chi connectivity index (χ0) is 13.5. The molecule has 0 aliphatic carbocycles. The molecule has 0 saturated heterocycles. The first kappa shape index (κ1) is 14.4. The third-order valence-corrected chi connectivity index (χ3v) is 2.64. The van der Waals surface area contributed by atoms with Crippen LogP contribution >= 0.6 is 11.6 Å². The number of benzene rings is 1. The van der Waals surface area contributed by atoms with Gasteiger partial charge in [0.1, 0.15) is 6.61 Å². The van der Waals surface area contributed by atoms with Gasteiger partial charge in [-0.25, -0.2) is 0 Å². The molecule has 98 valence electrons. The second-order valence-electron chi connectivity index (χ2n) is 3.51. The van der Waals surface area contributed by atoms with Gasteiger partial charge in [0.25, 0.3) is 5.69 Å². The van der Waals surface area contributed by atoms with E-state index >= 15 is 0 Å². The van der Waals surface area contributed by atoms with Gasteiger partial charge in [-0.3, -0.25) is 14.9 Å². The average molecular weight is 273 g/mol. The summed E-state index contributed by atoms with van der Waals surface area (Å²) in [6, 6.07) is 4.23. The predicted octanol–water partition coefficient (Wildman–Crippen LogP) is 1.55. The summed E-state index contributed by atoms with van der Waals surface area (Å²) in [5.41, 5.74) is 0.614. The van der Waals surface area contributed by atoms with Gasteiger partial charge >= 0.3 is 0 Å². The first-order valence-electron chi connectivity index (χ1n) is 5.25.